The Morgan fingerprint density at radius 2 is 2.24 bits per heavy atom. The molecule has 4 nitrogen and oxygen atoms in total. The van der Waals surface area contributed by atoms with Crippen molar-refractivity contribution in [1.82, 2.24) is 15.2 Å². The number of hydrogen-bond donors (Lipinski definition) is 1. The van der Waals surface area contributed by atoms with Crippen LogP contribution in [0.5, 0.6) is 0 Å². The van der Waals surface area contributed by atoms with Gasteiger partial charge in [-0.15, -0.1) is 0 Å². The Labute approximate surface area is 126 Å². The molecule has 0 spiro atoms. The summed E-state index contributed by atoms with van der Waals surface area (Å²) in [5, 5.41) is 3.45. The van der Waals surface area contributed by atoms with E-state index in [0.717, 1.165) is 50.5 Å². The van der Waals surface area contributed by atoms with Crippen LogP contribution in [-0.4, -0.2) is 36.1 Å². The summed E-state index contributed by atoms with van der Waals surface area (Å²) in [6, 6.07) is 8.45. The molecule has 1 saturated heterocycles. The van der Waals surface area contributed by atoms with E-state index in [1.807, 2.05) is 12.3 Å². The molecule has 2 aromatic rings. The van der Waals surface area contributed by atoms with E-state index >= 15 is 0 Å². The number of pyridine rings is 1. The molecule has 0 radical (unpaired) electrons. The van der Waals surface area contributed by atoms with Gasteiger partial charge in [0.2, 0.25) is 0 Å². The lowest BCUT2D eigenvalue weighted by Gasteiger charge is -2.28. The molecule has 1 aliphatic rings. The fourth-order valence-corrected chi connectivity index (χ4v) is 2.89. The van der Waals surface area contributed by atoms with E-state index in [1.54, 1.807) is 6.26 Å². The summed E-state index contributed by atoms with van der Waals surface area (Å²) in [4.78, 5) is 7.15. The number of aromatic nitrogens is 1. The highest BCUT2D eigenvalue weighted by molar-refractivity contribution is 5.23. The second-order valence-corrected chi connectivity index (χ2v) is 5.50. The number of furan rings is 1. The minimum Gasteiger partial charge on any atom is -0.467 e. The van der Waals surface area contributed by atoms with Crippen LogP contribution in [0, 0.1) is 0 Å². The van der Waals surface area contributed by atoms with E-state index in [2.05, 4.69) is 40.3 Å². The molecular formula is C17H23N3O. The van der Waals surface area contributed by atoms with Gasteiger partial charge in [-0.3, -0.25) is 9.88 Å². The lowest BCUT2D eigenvalue weighted by molar-refractivity contribution is 0.212. The summed E-state index contributed by atoms with van der Waals surface area (Å²) < 4.78 is 5.70. The molecule has 1 atom stereocenters. The highest BCUT2D eigenvalue weighted by Crippen LogP contribution is 2.28. The van der Waals surface area contributed by atoms with Crippen LogP contribution in [-0.2, 0) is 6.42 Å². The van der Waals surface area contributed by atoms with Crippen molar-refractivity contribution in [1.29, 1.82) is 0 Å². The van der Waals surface area contributed by atoms with E-state index < -0.39 is 0 Å². The van der Waals surface area contributed by atoms with Gasteiger partial charge in [-0.2, -0.15) is 0 Å². The van der Waals surface area contributed by atoms with Gasteiger partial charge in [-0.25, -0.2) is 0 Å². The third-order valence-electron chi connectivity index (χ3n) is 4.09. The Balaban J connectivity index is 1.91. The Morgan fingerprint density at radius 3 is 2.95 bits per heavy atom. The highest BCUT2D eigenvalue weighted by atomic mass is 16.3. The van der Waals surface area contributed by atoms with Crippen LogP contribution in [0.1, 0.15) is 36.4 Å². The summed E-state index contributed by atoms with van der Waals surface area (Å²) in [7, 11) is 0. The van der Waals surface area contributed by atoms with Crippen molar-refractivity contribution < 1.29 is 4.42 Å². The van der Waals surface area contributed by atoms with E-state index in [9.17, 15) is 0 Å². The van der Waals surface area contributed by atoms with Gasteiger partial charge in [0.05, 0.1) is 12.0 Å². The molecule has 0 amide bonds. The SMILES string of the molecule is CCc1ccc(C(c2ccco2)N2CCCNCC2)nc1. The van der Waals surface area contributed by atoms with Crippen molar-refractivity contribution in [3.63, 3.8) is 0 Å². The topological polar surface area (TPSA) is 41.3 Å². The van der Waals surface area contributed by atoms with Crippen LogP contribution in [0.2, 0.25) is 0 Å². The first-order valence-electron chi connectivity index (χ1n) is 7.81. The van der Waals surface area contributed by atoms with Crippen molar-refractivity contribution in [2.45, 2.75) is 25.8 Å². The van der Waals surface area contributed by atoms with Gasteiger partial charge in [-0.1, -0.05) is 13.0 Å². The number of hydrogen-bond acceptors (Lipinski definition) is 4. The van der Waals surface area contributed by atoms with Gasteiger partial charge in [0.1, 0.15) is 11.8 Å². The second kappa shape index (κ2) is 6.87. The van der Waals surface area contributed by atoms with Crippen molar-refractivity contribution in [3.8, 4) is 0 Å². The lowest BCUT2D eigenvalue weighted by atomic mass is 10.1. The molecule has 0 aliphatic carbocycles. The first kappa shape index (κ1) is 14.3. The first-order chi connectivity index (χ1) is 10.4. The number of aryl methyl sites for hydroxylation is 1. The molecule has 1 unspecified atom stereocenters. The smallest absolute Gasteiger partial charge is 0.127 e. The number of nitrogens with one attached hydrogen (secondary N) is 1. The molecule has 4 heteroatoms. The predicted molar refractivity (Wildman–Crippen MR) is 83.2 cm³/mol. The molecule has 3 rings (SSSR count). The van der Waals surface area contributed by atoms with Crippen LogP contribution in [0.15, 0.2) is 41.1 Å². The van der Waals surface area contributed by atoms with Crippen LogP contribution >= 0.6 is 0 Å². The summed E-state index contributed by atoms with van der Waals surface area (Å²) in [6.07, 6.45) is 5.91. The van der Waals surface area contributed by atoms with Crippen molar-refractivity contribution in [3.05, 3.63) is 53.7 Å². The molecule has 1 aliphatic heterocycles. The average Bonchev–Trinajstić information content (AvgIpc) is 2.91. The largest absolute Gasteiger partial charge is 0.467 e. The van der Waals surface area contributed by atoms with E-state index in [-0.39, 0.29) is 6.04 Å². The van der Waals surface area contributed by atoms with Crippen molar-refractivity contribution >= 4 is 0 Å². The van der Waals surface area contributed by atoms with Crippen LogP contribution < -0.4 is 5.32 Å². The van der Waals surface area contributed by atoms with Gasteiger partial charge in [-0.05, 0) is 43.1 Å². The fraction of sp³-hybridized carbons (Fsp3) is 0.471. The van der Waals surface area contributed by atoms with Crippen LogP contribution in [0.25, 0.3) is 0 Å². The van der Waals surface area contributed by atoms with Gasteiger partial charge < -0.3 is 9.73 Å². The minimum absolute atomic E-state index is 0.116. The van der Waals surface area contributed by atoms with Gasteiger partial charge in [0.15, 0.2) is 0 Å². The number of nitrogens with zero attached hydrogens (tertiary/aromatic N) is 2. The monoisotopic (exact) mass is 285 g/mol. The molecule has 0 bridgehead atoms. The molecule has 112 valence electrons. The normalized spacial score (nSPS) is 18.3. The van der Waals surface area contributed by atoms with Gasteiger partial charge >= 0.3 is 0 Å². The second-order valence-electron chi connectivity index (χ2n) is 5.50. The van der Waals surface area contributed by atoms with Crippen molar-refractivity contribution in [2.75, 3.05) is 26.2 Å². The maximum absolute atomic E-state index is 5.70. The van der Waals surface area contributed by atoms with Crippen molar-refractivity contribution in [2.24, 2.45) is 0 Å². The molecule has 0 saturated carbocycles. The van der Waals surface area contributed by atoms with E-state index in [4.69, 9.17) is 4.42 Å². The quantitative estimate of drug-likeness (QED) is 0.937. The molecule has 21 heavy (non-hydrogen) atoms. The standard InChI is InChI=1S/C17H23N3O/c1-2-14-6-7-15(19-13-14)17(16-5-3-12-21-16)20-10-4-8-18-9-11-20/h3,5-7,12-13,17-18H,2,4,8-11H2,1H3. The molecule has 1 N–H and O–H groups in total. The van der Waals surface area contributed by atoms with Gasteiger partial charge in [0, 0.05) is 25.8 Å². The third-order valence-corrected chi connectivity index (χ3v) is 4.09. The Morgan fingerprint density at radius 1 is 1.29 bits per heavy atom. The van der Waals surface area contributed by atoms with E-state index in [0.29, 0.717) is 0 Å². The minimum atomic E-state index is 0.116. The summed E-state index contributed by atoms with van der Waals surface area (Å²) >= 11 is 0. The third kappa shape index (κ3) is 3.34. The number of rotatable bonds is 4. The molecule has 1 fully saturated rings. The van der Waals surface area contributed by atoms with Gasteiger partial charge in [0.25, 0.3) is 0 Å². The highest BCUT2D eigenvalue weighted by Gasteiger charge is 2.26. The molecule has 0 aromatic carbocycles. The Bertz CT molecular complexity index is 528. The predicted octanol–water partition coefficient (Wildman–Crippen LogP) is 2.62. The maximum atomic E-state index is 5.70. The maximum Gasteiger partial charge on any atom is 0.127 e. The summed E-state index contributed by atoms with van der Waals surface area (Å²) in [5.41, 5.74) is 2.35. The zero-order chi connectivity index (χ0) is 14.5. The fourth-order valence-electron chi connectivity index (χ4n) is 2.89. The zero-order valence-electron chi connectivity index (χ0n) is 12.6. The zero-order valence-corrected chi connectivity index (χ0v) is 12.6. The average molecular weight is 285 g/mol. The lowest BCUT2D eigenvalue weighted by Crippen LogP contribution is -2.33. The molecular weight excluding hydrogens is 262 g/mol. The van der Waals surface area contributed by atoms with Crippen LogP contribution in [0.3, 0.4) is 0 Å². The Kier molecular flexibility index (Phi) is 4.68. The van der Waals surface area contributed by atoms with E-state index in [1.165, 1.54) is 5.56 Å². The Hall–Kier alpha value is -1.65. The summed E-state index contributed by atoms with van der Waals surface area (Å²) in [6.45, 7) is 6.34. The summed E-state index contributed by atoms with van der Waals surface area (Å²) in [5.74, 6) is 0.980. The molecule has 3 heterocycles. The first-order valence-corrected chi connectivity index (χ1v) is 7.81. The van der Waals surface area contributed by atoms with Crippen LogP contribution in [0.4, 0.5) is 0 Å². The molecule has 2 aromatic heterocycles.